The zero-order valence-electron chi connectivity index (χ0n) is 19.6. The summed E-state index contributed by atoms with van der Waals surface area (Å²) in [6, 6.07) is 9.02. The van der Waals surface area contributed by atoms with Crippen molar-refractivity contribution >= 4 is 96.3 Å². The van der Waals surface area contributed by atoms with E-state index >= 15 is 0 Å². The highest BCUT2D eigenvalue weighted by atomic mass is 32.1. The average Bonchev–Trinajstić information content (AvgIpc) is 2.82. The molecule has 4 aromatic rings. The molecule has 0 fully saturated rings. The molecule has 4 N–H and O–H groups in total. The number of nitrogens with two attached hydrogens (primary N) is 1. The van der Waals surface area contributed by atoms with E-state index < -0.39 is 0 Å². The maximum absolute atomic E-state index is 11.3. The van der Waals surface area contributed by atoms with Crippen LogP contribution in [-0.4, -0.2) is 20.1 Å². The van der Waals surface area contributed by atoms with E-state index in [4.69, 9.17) is 5.73 Å². The Balaban J connectivity index is 1.83. The summed E-state index contributed by atoms with van der Waals surface area (Å²) in [4.78, 5) is 14.1. The van der Waals surface area contributed by atoms with Crippen LogP contribution in [0.3, 0.4) is 0 Å². The summed E-state index contributed by atoms with van der Waals surface area (Å²) in [7, 11) is 0. The van der Waals surface area contributed by atoms with Crippen molar-refractivity contribution in [3.63, 3.8) is 0 Å². The minimum atomic E-state index is -0.125. The largest absolute Gasteiger partial charge is 0.505 e. The van der Waals surface area contributed by atoms with Gasteiger partial charge in [-0.25, -0.2) is 0 Å². The Morgan fingerprint density at radius 1 is 1.11 bits per heavy atom. The molecule has 0 amide bonds. The second kappa shape index (κ2) is 11.5. The minimum Gasteiger partial charge on any atom is -0.505 e. The number of azo groups is 1. The highest BCUT2D eigenvalue weighted by molar-refractivity contribution is 7.81. The van der Waals surface area contributed by atoms with Crippen LogP contribution in [-0.2, 0) is 5.75 Å². The highest BCUT2D eigenvalue weighted by Gasteiger charge is 2.17. The molecule has 0 spiro atoms. The highest BCUT2D eigenvalue weighted by Crippen LogP contribution is 2.45. The number of phenolic OH excluding ortho intramolecular Hbond substituents is 1. The Kier molecular flexibility index (Phi) is 8.32. The van der Waals surface area contributed by atoms with E-state index in [-0.39, 0.29) is 23.3 Å². The molecule has 0 bridgehead atoms. The molecule has 0 aliphatic carbocycles. The van der Waals surface area contributed by atoms with Gasteiger partial charge in [0.2, 0.25) is 11.9 Å². The molecular weight excluding hydrogens is 543 g/mol. The number of hydrogen-bond acceptors (Lipinski definition) is 12. The predicted octanol–water partition coefficient (Wildman–Crippen LogP) is 7.28. The number of thiol groups is 4. The number of rotatable bonds is 7. The second-order valence-electron chi connectivity index (χ2n) is 7.83. The number of allylic oxidation sites excluding steroid dienone is 2. The van der Waals surface area contributed by atoms with E-state index in [0.29, 0.717) is 48.4 Å². The lowest BCUT2D eigenvalue weighted by Gasteiger charge is -2.14. The lowest BCUT2D eigenvalue weighted by atomic mass is 10.1. The van der Waals surface area contributed by atoms with Gasteiger partial charge >= 0.3 is 0 Å². The first-order valence-electron chi connectivity index (χ1n) is 10.8. The first-order valence-corrected chi connectivity index (χ1v) is 12.8. The van der Waals surface area contributed by atoms with Crippen molar-refractivity contribution in [2.45, 2.75) is 27.4 Å². The number of aromatic nitrogens is 3. The van der Waals surface area contributed by atoms with Gasteiger partial charge in [-0.15, -0.1) is 48.1 Å². The van der Waals surface area contributed by atoms with E-state index in [1.165, 1.54) is 0 Å². The quantitative estimate of drug-likeness (QED) is 0.0718. The summed E-state index contributed by atoms with van der Waals surface area (Å²) in [5.74, 6) is 1.16. The van der Waals surface area contributed by atoms with Gasteiger partial charge in [0.05, 0.1) is 11.4 Å². The lowest BCUT2D eigenvalue weighted by molar-refractivity contribution is 0.481. The standard InChI is InChI=1S/C25H23N7OS4/c1-3-4-5-16-13(11-34)6-7-17(23(16)37)31-32-21-19(36)9-14-8-15(35)10-18(20(14)22(21)33)29-25-28-12(2)27-24(26)30-25/h3-10,33-37H,1,11H2,2H3,(H3,26,27,28,29,30)/b5-4-,32-31?. The first-order chi connectivity index (χ1) is 17.7. The van der Waals surface area contributed by atoms with Gasteiger partial charge in [0.15, 0.2) is 5.75 Å². The molecule has 188 valence electrons. The number of phenols is 1. The van der Waals surface area contributed by atoms with Crippen LogP contribution in [0.5, 0.6) is 5.75 Å². The van der Waals surface area contributed by atoms with Crippen molar-refractivity contribution in [3.05, 3.63) is 66.0 Å². The van der Waals surface area contributed by atoms with Crippen LogP contribution in [0.25, 0.3) is 16.8 Å². The Labute approximate surface area is 235 Å². The van der Waals surface area contributed by atoms with Crippen LogP contribution in [0.2, 0.25) is 0 Å². The van der Waals surface area contributed by atoms with Crippen LogP contribution in [0.15, 0.2) is 74.0 Å². The zero-order valence-corrected chi connectivity index (χ0v) is 23.2. The van der Waals surface area contributed by atoms with Gasteiger partial charge in [-0.2, -0.15) is 27.6 Å². The molecule has 8 nitrogen and oxygen atoms in total. The average molecular weight is 566 g/mol. The van der Waals surface area contributed by atoms with E-state index in [1.807, 2.05) is 18.2 Å². The van der Waals surface area contributed by atoms with Crippen molar-refractivity contribution in [1.82, 2.24) is 15.0 Å². The van der Waals surface area contributed by atoms with Gasteiger partial charge < -0.3 is 16.2 Å². The number of nitrogens with zero attached hydrogens (tertiary/aromatic N) is 5. The SMILES string of the molecule is C=C/C=C\c1c(CS)ccc(N=Nc2c(S)cc3cc(S)cc(Nc4nc(C)nc(N)n4)c3c2O)c1S. The fourth-order valence-corrected chi connectivity index (χ4v) is 4.84. The van der Waals surface area contributed by atoms with Crippen LogP contribution in [0.4, 0.5) is 29.0 Å². The number of nitrogen functional groups attached to an aromatic ring is 1. The summed E-state index contributed by atoms with van der Waals surface area (Å²) in [6.45, 7) is 5.42. The molecule has 0 saturated carbocycles. The molecule has 1 heterocycles. The van der Waals surface area contributed by atoms with Crippen LogP contribution < -0.4 is 11.1 Å². The normalized spacial score (nSPS) is 11.6. The maximum Gasteiger partial charge on any atom is 0.232 e. The van der Waals surface area contributed by atoms with Gasteiger partial charge in [-0.1, -0.05) is 30.9 Å². The van der Waals surface area contributed by atoms with Gasteiger partial charge in [-0.3, -0.25) is 0 Å². The molecule has 0 radical (unpaired) electrons. The topological polar surface area (TPSA) is 122 Å². The molecule has 0 aliphatic rings. The molecule has 1 aromatic heterocycles. The Morgan fingerprint density at radius 3 is 2.59 bits per heavy atom. The molecule has 3 aromatic carbocycles. The van der Waals surface area contributed by atoms with Crippen molar-refractivity contribution in [1.29, 1.82) is 0 Å². The van der Waals surface area contributed by atoms with E-state index in [2.05, 4.69) is 87.6 Å². The van der Waals surface area contributed by atoms with Gasteiger partial charge in [0, 0.05) is 25.8 Å². The Morgan fingerprint density at radius 2 is 1.89 bits per heavy atom. The number of fused-ring (bicyclic) bond motifs is 1. The predicted molar refractivity (Wildman–Crippen MR) is 162 cm³/mol. The van der Waals surface area contributed by atoms with Crippen LogP contribution in [0.1, 0.15) is 17.0 Å². The summed E-state index contributed by atoms with van der Waals surface area (Å²) in [5, 5.41) is 24.2. The Hall–Kier alpha value is -3.19. The van der Waals surface area contributed by atoms with Crippen molar-refractivity contribution in [3.8, 4) is 5.75 Å². The maximum atomic E-state index is 11.3. The van der Waals surface area contributed by atoms with Crippen molar-refractivity contribution in [2.24, 2.45) is 10.2 Å². The summed E-state index contributed by atoms with van der Waals surface area (Å²) >= 11 is 18.1. The first kappa shape index (κ1) is 26.9. The van der Waals surface area contributed by atoms with Crippen molar-refractivity contribution < 1.29 is 5.11 Å². The molecule has 12 heteroatoms. The second-order valence-corrected chi connectivity index (χ2v) is 9.59. The summed E-state index contributed by atoms with van der Waals surface area (Å²) in [5.41, 5.74) is 8.82. The lowest BCUT2D eigenvalue weighted by Crippen LogP contribution is -2.05. The zero-order chi connectivity index (χ0) is 26.7. The summed E-state index contributed by atoms with van der Waals surface area (Å²) < 4.78 is 0. The third kappa shape index (κ3) is 5.87. The Bertz CT molecular complexity index is 1570. The number of nitrogens with one attached hydrogen (secondary N) is 1. The van der Waals surface area contributed by atoms with Crippen LogP contribution >= 0.6 is 50.5 Å². The molecular formula is C25H23N7OS4. The smallest absolute Gasteiger partial charge is 0.232 e. The summed E-state index contributed by atoms with van der Waals surface area (Å²) in [6.07, 6.45) is 5.38. The van der Waals surface area contributed by atoms with Gasteiger partial charge in [0.1, 0.15) is 11.5 Å². The number of aromatic hydroxyl groups is 1. The van der Waals surface area contributed by atoms with Crippen LogP contribution in [0, 0.1) is 6.92 Å². The minimum absolute atomic E-state index is 0.0755. The van der Waals surface area contributed by atoms with E-state index in [1.54, 1.807) is 37.3 Å². The van der Waals surface area contributed by atoms with Crippen molar-refractivity contribution in [2.75, 3.05) is 11.1 Å². The molecule has 37 heavy (non-hydrogen) atoms. The monoisotopic (exact) mass is 565 g/mol. The fourth-order valence-electron chi connectivity index (χ4n) is 3.67. The number of benzene rings is 3. The van der Waals surface area contributed by atoms with Gasteiger partial charge in [-0.05, 0) is 47.7 Å². The number of aryl methyl sites for hydroxylation is 1. The molecule has 0 aliphatic heterocycles. The van der Waals surface area contributed by atoms with Gasteiger partial charge in [0.25, 0.3) is 0 Å². The molecule has 0 atom stereocenters. The molecule has 0 unspecified atom stereocenters. The third-order valence-electron chi connectivity index (χ3n) is 5.27. The number of hydrogen-bond donors (Lipinski definition) is 7. The van der Waals surface area contributed by atoms with E-state index in [0.717, 1.165) is 11.1 Å². The molecule has 0 saturated heterocycles. The third-order valence-corrected chi connectivity index (χ3v) is 6.68. The van der Waals surface area contributed by atoms with E-state index in [9.17, 15) is 5.11 Å². The fraction of sp³-hybridized carbons (Fsp3) is 0.0800. The molecule has 4 rings (SSSR count). The number of anilines is 3.